The molecule has 0 aliphatic carbocycles. The van der Waals surface area contributed by atoms with E-state index >= 15 is 0 Å². The average molecular weight is 308 g/mol. The highest BCUT2D eigenvalue weighted by Gasteiger charge is 2.14. The van der Waals surface area contributed by atoms with Gasteiger partial charge in [0, 0.05) is 11.3 Å². The molecule has 0 bridgehead atoms. The first-order chi connectivity index (χ1) is 9.92. The quantitative estimate of drug-likeness (QED) is 0.518. The molecule has 7 heteroatoms. The number of nitrogens with zero attached hydrogens (tertiary/aromatic N) is 1. The van der Waals surface area contributed by atoms with Crippen molar-refractivity contribution in [2.24, 2.45) is 5.16 Å². The topological polar surface area (TPSA) is 78.8 Å². The predicted molar refractivity (Wildman–Crippen MR) is 77.6 cm³/mol. The lowest BCUT2D eigenvalue weighted by atomic mass is 10.1. The molecule has 2 aromatic rings. The van der Waals surface area contributed by atoms with Crippen LogP contribution in [0.25, 0.3) is 0 Å². The van der Waals surface area contributed by atoms with Gasteiger partial charge < -0.3 is 5.21 Å². The molecule has 21 heavy (non-hydrogen) atoms. The van der Waals surface area contributed by atoms with E-state index in [9.17, 15) is 12.8 Å². The normalized spacial score (nSPS) is 12.2. The number of benzene rings is 2. The largest absolute Gasteiger partial charge is 0.411 e. The van der Waals surface area contributed by atoms with Crippen LogP contribution < -0.4 is 4.72 Å². The molecule has 2 N–H and O–H groups in total. The third-order valence-electron chi connectivity index (χ3n) is 2.81. The summed E-state index contributed by atoms with van der Waals surface area (Å²) in [4.78, 5) is -0.0400. The molecule has 0 saturated heterocycles. The van der Waals surface area contributed by atoms with Crippen LogP contribution in [0.1, 0.15) is 12.5 Å². The van der Waals surface area contributed by atoms with Crippen LogP contribution in [0.15, 0.2) is 58.6 Å². The molecular weight excluding hydrogens is 295 g/mol. The van der Waals surface area contributed by atoms with E-state index in [2.05, 4.69) is 9.88 Å². The Bertz CT molecular complexity index is 771. The first kappa shape index (κ1) is 15.0. The second-order valence-corrected chi connectivity index (χ2v) is 6.01. The van der Waals surface area contributed by atoms with Crippen LogP contribution >= 0.6 is 0 Å². The fourth-order valence-electron chi connectivity index (χ4n) is 1.69. The summed E-state index contributed by atoms with van der Waals surface area (Å²) in [6, 6.07) is 10.9. The average Bonchev–Trinajstić information content (AvgIpc) is 2.46. The van der Waals surface area contributed by atoms with Crippen LogP contribution in [0.3, 0.4) is 0 Å². The molecule has 0 fully saturated rings. The molecule has 0 atom stereocenters. The Morgan fingerprint density at radius 3 is 2.48 bits per heavy atom. The van der Waals surface area contributed by atoms with Gasteiger partial charge in [0.2, 0.25) is 0 Å². The maximum atomic E-state index is 12.8. The molecule has 0 unspecified atom stereocenters. The third kappa shape index (κ3) is 3.57. The van der Waals surface area contributed by atoms with Gasteiger partial charge in [0.15, 0.2) is 0 Å². The number of hydrogen-bond donors (Lipinski definition) is 2. The zero-order valence-electron chi connectivity index (χ0n) is 11.1. The van der Waals surface area contributed by atoms with E-state index in [4.69, 9.17) is 5.21 Å². The second-order valence-electron chi connectivity index (χ2n) is 4.33. The Morgan fingerprint density at radius 1 is 1.19 bits per heavy atom. The summed E-state index contributed by atoms with van der Waals surface area (Å²) >= 11 is 0. The summed E-state index contributed by atoms with van der Waals surface area (Å²) < 4.78 is 39.5. The lowest BCUT2D eigenvalue weighted by Crippen LogP contribution is -2.13. The molecule has 110 valence electrons. The molecule has 2 rings (SSSR count). The number of hydrogen-bond acceptors (Lipinski definition) is 4. The van der Waals surface area contributed by atoms with E-state index in [1.165, 1.54) is 18.2 Å². The molecule has 0 amide bonds. The number of halogens is 1. The van der Waals surface area contributed by atoms with Crippen LogP contribution in [-0.2, 0) is 10.0 Å². The van der Waals surface area contributed by atoms with Crippen LogP contribution in [0.2, 0.25) is 0 Å². The van der Waals surface area contributed by atoms with Gasteiger partial charge in [-0.05, 0) is 43.3 Å². The fraction of sp³-hybridized carbons (Fsp3) is 0.0714. The summed E-state index contributed by atoms with van der Waals surface area (Å²) in [5.41, 5.74) is 1.26. The maximum absolute atomic E-state index is 12.8. The molecule has 5 nitrogen and oxygen atoms in total. The smallest absolute Gasteiger partial charge is 0.261 e. The van der Waals surface area contributed by atoms with Gasteiger partial charge in [-0.3, -0.25) is 4.72 Å². The summed E-state index contributed by atoms with van der Waals surface area (Å²) in [6.07, 6.45) is 0. The Morgan fingerprint density at radius 2 is 1.86 bits per heavy atom. The summed E-state index contributed by atoms with van der Waals surface area (Å²) in [6.45, 7) is 1.59. The molecule has 0 saturated carbocycles. The maximum Gasteiger partial charge on any atom is 0.261 e. The van der Waals surface area contributed by atoms with E-state index in [1.807, 2.05) is 0 Å². The summed E-state index contributed by atoms with van der Waals surface area (Å²) in [5, 5.41) is 11.8. The highest BCUT2D eigenvalue weighted by atomic mass is 32.2. The van der Waals surface area contributed by atoms with Crippen molar-refractivity contribution < 1.29 is 18.0 Å². The Hall–Kier alpha value is -2.41. The molecule has 0 heterocycles. The lowest BCUT2D eigenvalue weighted by molar-refractivity contribution is 0.319. The van der Waals surface area contributed by atoms with E-state index in [-0.39, 0.29) is 4.90 Å². The Balaban J connectivity index is 2.31. The van der Waals surface area contributed by atoms with Crippen molar-refractivity contribution in [1.29, 1.82) is 0 Å². The van der Waals surface area contributed by atoms with Gasteiger partial charge >= 0.3 is 0 Å². The van der Waals surface area contributed by atoms with Crippen molar-refractivity contribution in [2.75, 3.05) is 4.72 Å². The summed E-state index contributed by atoms with van der Waals surface area (Å²) in [7, 11) is -3.80. The van der Waals surface area contributed by atoms with Crippen molar-refractivity contribution in [3.8, 4) is 0 Å². The highest BCUT2D eigenvalue weighted by molar-refractivity contribution is 7.92. The minimum atomic E-state index is -3.80. The summed E-state index contributed by atoms with van der Waals surface area (Å²) in [5.74, 6) is -0.509. The van der Waals surface area contributed by atoms with Crippen molar-refractivity contribution in [3.63, 3.8) is 0 Å². The first-order valence-corrected chi connectivity index (χ1v) is 7.48. The lowest BCUT2D eigenvalue weighted by Gasteiger charge is -2.09. The minimum absolute atomic E-state index is 0.0400. The molecule has 0 spiro atoms. The first-order valence-electron chi connectivity index (χ1n) is 6.00. The zero-order chi connectivity index (χ0) is 15.5. The number of oxime groups is 1. The van der Waals surface area contributed by atoms with Crippen LogP contribution in [0.4, 0.5) is 10.1 Å². The van der Waals surface area contributed by atoms with Crippen LogP contribution in [0.5, 0.6) is 0 Å². The molecule has 0 aliphatic heterocycles. The zero-order valence-corrected chi connectivity index (χ0v) is 11.9. The monoisotopic (exact) mass is 308 g/mol. The van der Waals surface area contributed by atoms with E-state index in [1.54, 1.807) is 25.1 Å². The fourth-order valence-corrected chi connectivity index (χ4v) is 2.74. The van der Waals surface area contributed by atoms with Crippen LogP contribution in [0, 0.1) is 5.82 Å². The van der Waals surface area contributed by atoms with Gasteiger partial charge in [-0.25, -0.2) is 12.8 Å². The van der Waals surface area contributed by atoms with E-state index in [0.29, 0.717) is 17.0 Å². The van der Waals surface area contributed by atoms with Crippen LogP contribution in [-0.4, -0.2) is 19.3 Å². The SMILES string of the molecule is C/C(=N\O)c1cccc(NS(=O)(=O)c2ccc(F)cc2)c1. The van der Waals surface area contributed by atoms with Gasteiger partial charge in [-0.2, -0.15) is 0 Å². The molecule has 0 aromatic heterocycles. The number of anilines is 1. The molecule has 0 radical (unpaired) electrons. The van der Waals surface area contributed by atoms with Gasteiger partial charge in [0.25, 0.3) is 10.0 Å². The number of rotatable bonds is 4. The van der Waals surface area contributed by atoms with Gasteiger partial charge in [0.05, 0.1) is 10.6 Å². The molecule has 2 aromatic carbocycles. The van der Waals surface area contributed by atoms with Crippen molar-refractivity contribution in [3.05, 3.63) is 59.9 Å². The van der Waals surface area contributed by atoms with E-state index in [0.717, 1.165) is 12.1 Å². The predicted octanol–water partition coefficient (Wildman–Crippen LogP) is 2.82. The van der Waals surface area contributed by atoms with Crippen molar-refractivity contribution in [2.45, 2.75) is 11.8 Å². The van der Waals surface area contributed by atoms with Gasteiger partial charge in [-0.1, -0.05) is 17.3 Å². The van der Waals surface area contributed by atoms with Gasteiger partial charge in [0.1, 0.15) is 5.82 Å². The number of sulfonamides is 1. The molecular formula is C14H13FN2O3S. The third-order valence-corrected chi connectivity index (χ3v) is 4.20. The number of nitrogens with one attached hydrogen (secondary N) is 1. The minimum Gasteiger partial charge on any atom is -0.411 e. The Kier molecular flexibility index (Phi) is 4.23. The van der Waals surface area contributed by atoms with E-state index < -0.39 is 15.8 Å². The standard InChI is InChI=1S/C14H13FN2O3S/c1-10(16-18)11-3-2-4-13(9-11)17-21(19,20)14-7-5-12(15)6-8-14/h2-9,17-18H,1H3/b16-10+. The van der Waals surface area contributed by atoms with Crippen molar-refractivity contribution >= 4 is 21.4 Å². The molecule has 0 aliphatic rings. The van der Waals surface area contributed by atoms with Crippen molar-refractivity contribution in [1.82, 2.24) is 0 Å². The van der Waals surface area contributed by atoms with Gasteiger partial charge in [-0.15, -0.1) is 0 Å². The highest BCUT2D eigenvalue weighted by Crippen LogP contribution is 2.18. The second kappa shape index (κ2) is 5.92. The Labute approximate surface area is 121 Å².